The van der Waals surface area contributed by atoms with Crippen LogP contribution in [0.4, 0.5) is 0 Å². The molecule has 96 valence electrons. The van der Waals surface area contributed by atoms with Gasteiger partial charge in [-0.1, -0.05) is 0 Å². The number of hydrogen-bond donors (Lipinski definition) is 2. The first-order chi connectivity index (χ1) is 8.06. The summed E-state index contributed by atoms with van der Waals surface area (Å²) in [6.07, 6.45) is 3.91. The number of furan rings is 1. The van der Waals surface area contributed by atoms with Gasteiger partial charge in [0, 0.05) is 17.6 Å². The molecule has 0 amide bonds. The SMILES string of the molecule is Cc1cc(C(C)NC2CCC(O)CC2)c(C)o1. The third-order valence-corrected chi connectivity index (χ3v) is 3.73. The molecule has 1 aromatic rings. The van der Waals surface area contributed by atoms with Crippen molar-refractivity contribution in [3.05, 3.63) is 23.2 Å². The van der Waals surface area contributed by atoms with Crippen LogP contribution in [0.25, 0.3) is 0 Å². The van der Waals surface area contributed by atoms with Crippen LogP contribution in [0.1, 0.15) is 55.7 Å². The van der Waals surface area contributed by atoms with Crippen molar-refractivity contribution in [1.82, 2.24) is 5.32 Å². The van der Waals surface area contributed by atoms with Gasteiger partial charge in [-0.2, -0.15) is 0 Å². The number of nitrogens with one attached hydrogen (secondary N) is 1. The molecule has 0 aliphatic heterocycles. The summed E-state index contributed by atoms with van der Waals surface area (Å²) in [4.78, 5) is 0. The van der Waals surface area contributed by atoms with Gasteiger partial charge < -0.3 is 14.8 Å². The van der Waals surface area contributed by atoms with Gasteiger partial charge >= 0.3 is 0 Å². The van der Waals surface area contributed by atoms with E-state index < -0.39 is 0 Å². The van der Waals surface area contributed by atoms with Crippen molar-refractivity contribution < 1.29 is 9.52 Å². The molecule has 3 nitrogen and oxygen atoms in total. The Morgan fingerprint density at radius 2 is 1.94 bits per heavy atom. The Balaban J connectivity index is 1.93. The minimum atomic E-state index is -0.0822. The van der Waals surface area contributed by atoms with Crippen molar-refractivity contribution in [3.8, 4) is 0 Å². The predicted molar refractivity (Wildman–Crippen MR) is 68.0 cm³/mol. The minimum absolute atomic E-state index is 0.0822. The molecule has 0 radical (unpaired) electrons. The quantitative estimate of drug-likeness (QED) is 0.849. The first-order valence-corrected chi connectivity index (χ1v) is 6.57. The lowest BCUT2D eigenvalue weighted by Gasteiger charge is -2.29. The largest absolute Gasteiger partial charge is 0.466 e. The predicted octanol–water partition coefficient (Wildman–Crippen LogP) is 2.85. The maximum atomic E-state index is 9.48. The number of hydrogen-bond acceptors (Lipinski definition) is 3. The van der Waals surface area contributed by atoms with Crippen molar-refractivity contribution in [2.45, 2.75) is 64.6 Å². The number of aryl methyl sites for hydroxylation is 2. The van der Waals surface area contributed by atoms with Crippen LogP contribution in [0.3, 0.4) is 0 Å². The third kappa shape index (κ3) is 3.11. The van der Waals surface area contributed by atoms with Crippen molar-refractivity contribution in [1.29, 1.82) is 0 Å². The smallest absolute Gasteiger partial charge is 0.105 e. The fourth-order valence-corrected chi connectivity index (χ4v) is 2.77. The van der Waals surface area contributed by atoms with E-state index >= 15 is 0 Å². The molecule has 1 aliphatic carbocycles. The molecule has 2 N–H and O–H groups in total. The second-order valence-electron chi connectivity index (χ2n) is 5.26. The summed E-state index contributed by atoms with van der Waals surface area (Å²) < 4.78 is 5.56. The molecule has 3 heteroatoms. The molecular formula is C14H23NO2. The van der Waals surface area contributed by atoms with E-state index in [1.165, 1.54) is 5.56 Å². The van der Waals surface area contributed by atoms with Crippen LogP contribution < -0.4 is 5.32 Å². The van der Waals surface area contributed by atoms with E-state index in [0.717, 1.165) is 37.2 Å². The Bertz CT molecular complexity index is 364. The van der Waals surface area contributed by atoms with E-state index in [1.54, 1.807) is 0 Å². The molecular weight excluding hydrogens is 214 g/mol. The molecule has 1 unspecified atom stereocenters. The first kappa shape index (κ1) is 12.7. The zero-order chi connectivity index (χ0) is 12.4. The fraction of sp³-hybridized carbons (Fsp3) is 0.714. The van der Waals surface area contributed by atoms with Crippen LogP contribution in [0, 0.1) is 13.8 Å². The molecule has 0 bridgehead atoms. The average molecular weight is 237 g/mol. The van der Waals surface area contributed by atoms with Crippen LogP contribution in [0.2, 0.25) is 0 Å². The minimum Gasteiger partial charge on any atom is -0.466 e. The summed E-state index contributed by atoms with van der Waals surface area (Å²) in [5.74, 6) is 1.99. The molecule has 0 saturated heterocycles. The highest BCUT2D eigenvalue weighted by molar-refractivity contribution is 5.23. The Morgan fingerprint density at radius 1 is 1.29 bits per heavy atom. The van der Waals surface area contributed by atoms with Gasteiger partial charge in [-0.25, -0.2) is 0 Å². The highest BCUT2D eigenvalue weighted by Crippen LogP contribution is 2.25. The lowest BCUT2D eigenvalue weighted by molar-refractivity contribution is 0.114. The molecule has 1 saturated carbocycles. The van der Waals surface area contributed by atoms with Crippen molar-refractivity contribution in [3.63, 3.8) is 0 Å². The number of aliphatic hydroxyl groups is 1. The van der Waals surface area contributed by atoms with Gasteiger partial charge in [-0.15, -0.1) is 0 Å². The molecule has 1 aliphatic rings. The topological polar surface area (TPSA) is 45.4 Å². The van der Waals surface area contributed by atoms with Crippen LogP contribution in [-0.4, -0.2) is 17.3 Å². The Hall–Kier alpha value is -0.800. The lowest BCUT2D eigenvalue weighted by atomic mass is 9.92. The Morgan fingerprint density at radius 3 is 2.47 bits per heavy atom. The molecule has 1 atom stereocenters. The molecule has 0 aromatic carbocycles. The monoisotopic (exact) mass is 237 g/mol. The lowest BCUT2D eigenvalue weighted by Crippen LogP contribution is -2.36. The summed E-state index contributed by atoms with van der Waals surface area (Å²) >= 11 is 0. The summed E-state index contributed by atoms with van der Waals surface area (Å²) in [5.41, 5.74) is 1.26. The molecule has 17 heavy (non-hydrogen) atoms. The maximum Gasteiger partial charge on any atom is 0.105 e. The fourth-order valence-electron chi connectivity index (χ4n) is 2.77. The normalized spacial score (nSPS) is 27.1. The highest BCUT2D eigenvalue weighted by Gasteiger charge is 2.22. The van der Waals surface area contributed by atoms with E-state index in [9.17, 15) is 5.11 Å². The molecule has 0 spiro atoms. The first-order valence-electron chi connectivity index (χ1n) is 6.57. The van der Waals surface area contributed by atoms with Crippen molar-refractivity contribution in [2.24, 2.45) is 0 Å². The number of rotatable bonds is 3. The van der Waals surface area contributed by atoms with E-state index in [0.29, 0.717) is 12.1 Å². The van der Waals surface area contributed by atoms with Gasteiger partial charge in [0.05, 0.1) is 6.10 Å². The molecule has 2 rings (SSSR count). The highest BCUT2D eigenvalue weighted by atomic mass is 16.3. The second kappa shape index (κ2) is 5.23. The van der Waals surface area contributed by atoms with Crippen LogP contribution in [-0.2, 0) is 0 Å². The van der Waals surface area contributed by atoms with Gasteiger partial charge in [0.2, 0.25) is 0 Å². The van der Waals surface area contributed by atoms with Crippen LogP contribution in [0.5, 0.6) is 0 Å². The molecule has 1 heterocycles. The van der Waals surface area contributed by atoms with Crippen LogP contribution in [0.15, 0.2) is 10.5 Å². The number of aliphatic hydroxyl groups excluding tert-OH is 1. The summed E-state index contributed by atoms with van der Waals surface area (Å²) in [5, 5.41) is 13.1. The Labute approximate surface area is 103 Å². The van der Waals surface area contributed by atoms with Gasteiger partial charge in [-0.3, -0.25) is 0 Å². The molecule has 1 aromatic heterocycles. The maximum absolute atomic E-state index is 9.48. The van der Waals surface area contributed by atoms with E-state index in [1.807, 2.05) is 13.8 Å². The third-order valence-electron chi connectivity index (χ3n) is 3.73. The van der Waals surface area contributed by atoms with Gasteiger partial charge in [0.15, 0.2) is 0 Å². The van der Waals surface area contributed by atoms with Gasteiger partial charge in [-0.05, 0) is 52.5 Å². The van der Waals surface area contributed by atoms with Crippen molar-refractivity contribution >= 4 is 0 Å². The van der Waals surface area contributed by atoms with Gasteiger partial charge in [0.25, 0.3) is 0 Å². The van der Waals surface area contributed by atoms with Crippen molar-refractivity contribution in [2.75, 3.05) is 0 Å². The summed E-state index contributed by atoms with van der Waals surface area (Å²) in [6, 6.07) is 2.97. The zero-order valence-corrected chi connectivity index (χ0v) is 11.0. The second-order valence-corrected chi connectivity index (χ2v) is 5.26. The molecule has 1 fully saturated rings. The standard InChI is InChI=1S/C14H23NO2/c1-9-8-14(11(3)17-9)10(2)15-12-4-6-13(16)7-5-12/h8,10,12-13,15-16H,4-7H2,1-3H3. The van der Waals surface area contributed by atoms with E-state index in [4.69, 9.17) is 4.42 Å². The van der Waals surface area contributed by atoms with E-state index in [2.05, 4.69) is 18.3 Å². The summed E-state index contributed by atoms with van der Waals surface area (Å²) in [7, 11) is 0. The van der Waals surface area contributed by atoms with Crippen LogP contribution >= 0.6 is 0 Å². The van der Waals surface area contributed by atoms with E-state index in [-0.39, 0.29) is 6.10 Å². The zero-order valence-electron chi connectivity index (χ0n) is 11.0. The average Bonchev–Trinajstić information content (AvgIpc) is 2.61. The Kier molecular flexibility index (Phi) is 3.89. The van der Waals surface area contributed by atoms with Gasteiger partial charge in [0.1, 0.15) is 11.5 Å². The summed E-state index contributed by atoms with van der Waals surface area (Å²) in [6.45, 7) is 6.19.